The zero-order valence-electron chi connectivity index (χ0n) is 13.0. The molecule has 0 saturated carbocycles. The minimum absolute atomic E-state index is 0.120. The minimum Gasteiger partial charge on any atom is -0.337 e. The molecule has 0 unspecified atom stereocenters. The maximum absolute atomic E-state index is 12.3. The Balaban J connectivity index is 1.48. The zero-order chi connectivity index (χ0) is 16.2. The Morgan fingerprint density at radius 3 is 2.57 bits per heavy atom. The number of carbonyl (C=O) groups excluding carboxylic acids is 1. The van der Waals surface area contributed by atoms with Gasteiger partial charge in [-0.25, -0.2) is 0 Å². The molecular formula is C17H19BrN2OS2. The van der Waals surface area contributed by atoms with Gasteiger partial charge in [-0.2, -0.15) is 0 Å². The Kier molecular flexibility index (Phi) is 5.69. The lowest BCUT2D eigenvalue weighted by Crippen LogP contribution is -2.47. The third-order valence-electron chi connectivity index (χ3n) is 3.84. The van der Waals surface area contributed by atoms with Gasteiger partial charge in [-0.1, -0.05) is 0 Å². The molecule has 0 N–H and O–H groups in total. The van der Waals surface area contributed by atoms with Crippen LogP contribution in [0.3, 0.4) is 0 Å². The van der Waals surface area contributed by atoms with E-state index in [2.05, 4.69) is 52.0 Å². The second kappa shape index (κ2) is 7.75. The van der Waals surface area contributed by atoms with E-state index in [4.69, 9.17) is 0 Å². The van der Waals surface area contributed by atoms with E-state index in [1.807, 2.05) is 11.0 Å². The average Bonchev–Trinajstić information content (AvgIpc) is 3.14. The number of halogens is 1. The fourth-order valence-corrected chi connectivity index (χ4v) is 4.89. The molecule has 3 nitrogen and oxygen atoms in total. The van der Waals surface area contributed by atoms with Crippen molar-refractivity contribution in [2.24, 2.45) is 0 Å². The predicted molar refractivity (Wildman–Crippen MR) is 102 cm³/mol. The van der Waals surface area contributed by atoms with E-state index in [1.165, 1.54) is 13.5 Å². The van der Waals surface area contributed by atoms with E-state index in [0.717, 1.165) is 37.6 Å². The summed E-state index contributed by atoms with van der Waals surface area (Å²) in [5, 5.41) is 0. The summed E-state index contributed by atoms with van der Waals surface area (Å²) in [4.78, 5) is 20.4. The third kappa shape index (κ3) is 4.76. The van der Waals surface area contributed by atoms with Gasteiger partial charge in [0.25, 0.3) is 0 Å². The Morgan fingerprint density at radius 1 is 1.17 bits per heavy atom. The first-order chi connectivity index (χ1) is 11.1. The molecule has 0 spiro atoms. The number of hydrogen-bond acceptors (Lipinski definition) is 4. The van der Waals surface area contributed by atoms with E-state index >= 15 is 0 Å². The van der Waals surface area contributed by atoms with Crippen LogP contribution in [0.5, 0.6) is 0 Å². The van der Waals surface area contributed by atoms with Gasteiger partial charge >= 0.3 is 0 Å². The van der Waals surface area contributed by atoms with Crippen molar-refractivity contribution in [3.63, 3.8) is 0 Å². The highest BCUT2D eigenvalue weighted by molar-refractivity contribution is 9.11. The summed E-state index contributed by atoms with van der Waals surface area (Å²) in [6.07, 6.45) is 3.63. The van der Waals surface area contributed by atoms with Crippen LogP contribution in [0, 0.1) is 6.92 Å². The van der Waals surface area contributed by atoms with Gasteiger partial charge in [-0.15, -0.1) is 22.7 Å². The Morgan fingerprint density at radius 2 is 1.96 bits per heavy atom. The second-order valence-electron chi connectivity index (χ2n) is 5.59. The lowest BCUT2D eigenvalue weighted by Gasteiger charge is -2.33. The van der Waals surface area contributed by atoms with Crippen molar-refractivity contribution in [3.05, 3.63) is 48.8 Å². The molecule has 122 valence electrons. The van der Waals surface area contributed by atoms with Crippen LogP contribution in [0.15, 0.2) is 34.1 Å². The normalized spacial score (nSPS) is 16.3. The van der Waals surface area contributed by atoms with Crippen LogP contribution in [0.1, 0.15) is 14.6 Å². The van der Waals surface area contributed by atoms with Crippen LogP contribution in [0.25, 0.3) is 6.08 Å². The summed E-state index contributed by atoms with van der Waals surface area (Å²) in [5.74, 6) is 0.120. The van der Waals surface area contributed by atoms with E-state index < -0.39 is 0 Å². The number of rotatable bonds is 4. The van der Waals surface area contributed by atoms with Crippen molar-refractivity contribution in [1.29, 1.82) is 0 Å². The van der Waals surface area contributed by atoms with Gasteiger partial charge < -0.3 is 4.90 Å². The van der Waals surface area contributed by atoms with Crippen molar-refractivity contribution in [2.75, 3.05) is 26.2 Å². The van der Waals surface area contributed by atoms with Gasteiger partial charge in [-0.3, -0.25) is 9.69 Å². The SMILES string of the molecule is Cc1ccc(/C=C/C(=O)N2CCN(Cc3ccc(Br)s3)CC2)s1. The Hall–Kier alpha value is -0.950. The molecule has 0 aliphatic carbocycles. The summed E-state index contributed by atoms with van der Waals surface area (Å²) in [6, 6.07) is 8.40. The number of hydrogen-bond donors (Lipinski definition) is 0. The summed E-state index contributed by atoms with van der Waals surface area (Å²) >= 11 is 7.00. The predicted octanol–water partition coefficient (Wildman–Crippen LogP) is 4.24. The number of piperazine rings is 1. The van der Waals surface area contributed by atoms with E-state index in [0.29, 0.717) is 0 Å². The second-order valence-corrected chi connectivity index (χ2v) is 9.46. The molecule has 6 heteroatoms. The van der Waals surface area contributed by atoms with Crippen molar-refractivity contribution >= 4 is 50.6 Å². The Bertz CT molecular complexity index is 699. The molecule has 0 aromatic carbocycles. The molecule has 3 heterocycles. The summed E-state index contributed by atoms with van der Waals surface area (Å²) in [7, 11) is 0. The number of aryl methyl sites for hydroxylation is 1. The first-order valence-electron chi connectivity index (χ1n) is 7.60. The van der Waals surface area contributed by atoms with Gasteiger partial charge in [0, 0.05) is 53.4 Å². The maximum atomic E-state index is 12.3. The molecule has 2 aromatic rings. The van der Waals surface area contributed by atoms with Crippen molar-refractivity contribution < 1.29 is 4.79 Å². The summed E-state index contributed by atoms with van der Waals surface area (Å²) in [5.41, 5.74) is 0. The van der Waals surface area contributed by atoms with Crippen LogP contribution >= 0.6 is 38.6 Å². The highest BCUT2D eigenvalue weighted by atomic mass is 79.9. The molecule has 1 saturated heterocycles. The van der Waals surface area contributed by atoms with Gasteiger partial charge in [0.1, 0.15) is 0 Å². The zero-order valence-corrected chi connectivity index (χ0v) is 16.2. The average molecular weight is 411 g/mol. The smallest absolute Gasteiger partial charge is 0.246 e. The third-order valence-corrected chi connectivity index (χ3v) is 6.42. The van der Waals surface area contributed by atoms with E-state index in [1.54, 1.807) is 28.7 Å². The Labute approximate surface area is 153 Å². The van der Waals surface area contributed by atoms with Crippen LogP contribution in [-0.4, -0.2) is 41.9 Å². The van der Waals surface area contributed by atoms with Crippen molar-refractivity contribution in [2.45, 2.75) is 13.5 Å². The lowest BCUT2D eigenvalue weighted by molar-refractivity contribution is -0.127. The molecule has 23 heavy (non-hydrogen) atoms. The van der Waals surface area contributed by atoms with Crippen LogP contribution in [0.2, 0.25) is 0 Å². The fraction of sp³-hybridized carbons (Fsp3) is 0.353. The summed E-state index contributed by atoms with van der Waals surface area (Å²) in [6.45, 7) is 6.54. The van der Waals surface area contributed by atoms with Crippen LogP contribution in [0.4, 0.5) is 0 Å². The highest BCUT2D eigenvalue weighted by Gasteiger charge is 2.19. The largest absolute Gasteiger partial charge is 0.337 e. The molecule has 2 aromatic heterocycles. The van der Waals surface area contributed by atoms with Gasteiger partial charge in [0.2, 0.25) is 5.91 Å². The van der Waals surface area contributed by atoms with Gasteiger partial charge in [0.15, 0.2) is 0 Å². The van der Waals surface area contributed by atoms with E-state index in [-0.39, 0.29) is 5.91 Å². The quantitative estimate of drug-likeness (QED) is 0.703. The topological polar surface area (TPSA) is 23.6 Å². The molecule has 3 rings (SSSR count). The molecule has 0 atom stereocenters. The van der Waals surface area contributed by atoms with Gasteiger partial charge in [-0.05, 0) is 53.2 Å². The first-order valence-corrected chi connectivity index (χ1v) is 10.0. The number of thiophene rings is 2. The van der Waals surface area contributed by atoms with Gasteiger partial charge in [0.05, 0.1) is 3.79 Å². The standard InChI is InChI=1S/C17H19BrN2OS2/c1-13-2-3-14(22-13)5-7-17(21)20-10-8-19(9-11-20)12-15-4-6-16(18)23-15/h2-7H,8-12H2,1H3/b7-5+. The van der Waals surface area contributed by atoms with Crippen molar-refractivity contribution in [3.8, 4) is 0 Å². The number of amides is 1. The van der Waals surface area contributed by atoms with Crippen molar-refractivity contribution in [1.82, 2.24) is 9.80 Å². The summed E-state index contributed by atoms with van der Waals surface area (Å²) < 4.78 is 1.18. The molecular weight excluding hydrogens is 392 g/mol. The number of carbonyl (C=O) groups is 1. The van der Waals surface area contributed by atoms with E-state index in [9.17, 15) is 4.79 Å². The van der Waals surface area contributed by atoms with Crippen LogP contribution < -0.4 is 0 Å². The monoisotopic (exact) mass is 410 g/mol. The molecule has 1 amide bonds. The molecule has 0 radical (unpaired) electrons. The van der Waals surface area contributed by atoms with Crippen LogP contribution in [-0.2, 0) is 11.3 Å². The lowest BCUT2D eigenvalue weighted by atomic mass is 10.3. The molecule has 1 aliphatic rings. The molecule has 1 fully saturated rings. The number of nitrogens with zero attached hydrogens (tertiary/aromatic N) is 2. The molecule has 0 bridgehead atoms. The first kappa shape index (κ1) is 16.9. The minimum atomic E-state index is 0.120. The highest BCUT2D eigenvalue weighted by Crippen LogP contribution is 2.23. The fourth-order valence-electron chi connectivity index (χ4n) is 2.59. The molecule has 1 aliphatic heterocycles. The maximum Gasteiger partial charge on any atom is 0.246 e.